The molecule has 0 aliphatic heterocycles. The minimum absolute atomic E-state index is 0.0704. The third kappa shape index (κ3) is 8.38. The molecule has 2 unspecified atom stereocenters. The summed E-state index contributed by atoms with van der Waals surface area (Å²) < 4.78 is 45.5. The molecule has 43 heavy (non-hydrogen) atoms. The van der Waals surface area contributed by atoms with Crippen LogP contribution in [0.4, 0.5) is 5.69 Å². The number of carbonyl (C=O) groups is 1. The molecule has 0 aromatic heterocycles. The zero-order valence-electron chi connectivity index (χ0n) is 23.2. The molecule has 4 rings (SSSR count). The van der Waals surface area contributed by atoms with Crippen LogP contribution in [0.25, 0.3) is 0 Å². The highest BCUT2D eigenvalue weighted by atomic mass is 32.2. The van der Waals surface area contributed by atoms with Crippen LogP contribution < -0.4 is 14.2 Å². The number of ether oxygens (including phenoxy) is 3. The Labute approximate surface area is 248 Å². The molecule has 0 bridgehead atoms. The number of nitro benzene ring substituents is 1. The molecule has 0 amide bonds. The summed E-state index contributed by atoms with van der Waals surface area (Å²) >= 11 is 0. The Balaban J connectivity index is 1.63. The fourth-order valence-electron chi connectivity index (χ4n) is 4.06. The van der Waals surface area contributed by atoms with Crippen LogP contribution >= 0.6 is 0 Å². The second-order valence-corrected chi connectivity index (χ2v) is 11.0. The molecule has 12 heteroatoms. The zero-order chi connectivity index (χ0) is 30.8. The van der Waals surface area contributed by atoms with Crippen molar-refractivity contribution in [2.45, 2.75) is 37.2 Å². The van der Waals surface area contributed by atoms with Gasteiger partial charge in [-0.3, -0.25) is 14.9 Å². The molecule has 2 atom stereocenters. The van der Waals surface area contributed by atoms with Gasteiger partial charge in [-0.1, -0.05) is 66.7 Å². The van der Waals surface area contributed by atoms with Crippen LogP contribution in [-0.2, 0) is 32.8 Å². The Kier molecular flexibility index (Phi) is 10.4. The minimum Gasteiger partial charge on any atom is -0.485 e. The van der Waals surface area contributed by atoms with Gasteiger partial charge >= 0.3 is 5.97 Å². The van der Waals surface area contributed by atoms with E-state index in [4.69, 9.17) is 14.2 Å². The number of esters is 1. The number of nitro groups is 1. The van der Waals surface area contributed by atoms with Gasteiger partial charge in [0.05, 0.1) is 16.4 Å². The molecular weight excluding hydrogens is 576 g/mol. The smallest absolute Gasteiger partial charge is 0.327 e. The highest BCUT2D eigenvalue weighted by molar-refractivity contribution is 7.89. The maximum Gasteiger partial charge on any atom is 0.327 e. The first-order valence-electron chi connectivity index (χ1n) is 13.3. The lowest BCUT2D eigenvalue weighted by molar-refractivity contribution is -0.384. The Bertz CT molecular complexity index is 1630. The van der Waals surface area contributed by atoms with Crippen LogP contribution in [0.1, 0.15) is 29.7 Å². The lowest BCUT2D eigenvalue weighted by Gasteiger charge is -2.24. The van der Waals surface area contributed by atoms with Crippen molar-refractivity contribution in [3.63, 3.8) is 0 Å². The lowest BCUT2D eigenvalue weighted by Crippen LogP contribution is -2.45. The number of non-ortho nitro benzene ring substituents is 1. The van der Waals surface area contributed by atoms with E-state index in [1.807, 2.05) is 60.7 Å². The number of hydrogen-bond acceptors (Lipinski definition) is 9. The lowest BCUT2D eigenvalue weighted by atomic mass is 10.0. The summed E-state index contributed by atoms with van der Waals surface area (Å²) in [6.45, 7) is 1.89. The van der Waals surface area contributed by atoms with Crippen molar-refractivity contribution >= 4 is 21.7 Å². The van der Waals surface area contributed by atoms with Crippen molar-refractivity contribution in [1.29, 1.82) is 0 Å². The molecule has 0 saturated heterocycles. The minimum atomic E-state index is -4.41. The Morgan fingerprint density at radius 2 is 1.42 bits per heavy atom. The van der Waals surface area contributed by atoms with Crippen LogP contribution in [-0.4, -0.2) is 37.1 Å². The topological polar surface area (TPSA) is 154 Å². The second kappa shape index (κ2) is 14.4. The number of nitrogens with one attached hydrogen (secondary N) is 1. The van der Waals surface area contributed by atoms with Gasteiger partial charge in [-0.05, 0) is 47.9 Å². The third-order valence-electron chi connectivity index (χ3n) is 6.28. The highest BCUT2D eigenvalue weighted by Gasteiger charge is 2.34. The van der Waals surface area contributed by atoms with Crippen LogP contribution in [0.3, 0.4) is 0 Å². The predicted octanol–water partition coefficient (Wildman–Crippen LogP) is 4.70. The summed E-state index contributed by atoms with van der Waals surface area (Å²) in [5.74, 6) is -0.385. The van der Waals surface area contributed by atoms with E-state index >= 15 is 0 Å². The number of nitrogens with zero attached hydrogens (tertiary/aromatic N) is 1. The summed E-state index contributed by atoms with van der Waals surface area (Å²) in [4.78, 5) is 22.8. The quantitative estimate of drug-likeness (QED) is 0.118. The SMILES string of the molecule is CCOC(=O)C(NS(=O)(=O)c1ccc([N+](=O)[O-])cc1)C(O)c1ccc(OCc2ccccc2)c(OCc2ccccc2)c1. The fraction of sp³-hybridized carbons (Fsp3) is 0.194. The van der Waals surface area contributed by atoms with Crippen LogP contribution in [0.5, 0.6) is 11.5 Å². The van der Waals surface area contributed by atoms with Crippen molar-refractivity contribution in [3.05, 3.63) is 130 Å². The van der Waals surface area contributed by atoms with E-state index in [1.165, 1.54) is 12.1 Å². The van der Waals surface area contributed by atoms with Crippen molar-refractivity contribution in [2.75, 3.05) is 6.61 Å². The predicted molar refractivity (Wildman–Crippen MR) is 157 cm³/mol. The van der Waals surface area contributed by atoms with Crippen molar-refractivity contribution in [2.24, 2.45) is 0 Å². The average molecular weight is 607 g/mol. The fourth-order valence-corrected chi connectivity index (χ4v) is 5.25. The monoisotopic (exact) mass is 606 g/mol. The van der Waals surface area contributed by atoms with E-state index in [0.29, 0.717) is 5.75 Å². The van der Waals surface area contributed by atoms with E-state index in [2.05, 4.69) is 4.72 Å². The first-order valence-corrected chi connectivity index (χ1v) is 14.7. The number of hydrogen-bond donors (Lipinski definition) is 2. The summed E-state index contributed by atoms with van der Waals surface area (Å²) in [6.07, 6.45) is -1.70. The molecule has 4 aromatic rings. The van der Waals surface area contributed by atoms with Crippen LogP contribution in [0, 0.1) is 10.1 Å². The van der Waals surface area contributed by atoms with Crippen molar-refractivity contribution in [1.82, 2.24) is 4.72 Å². The molecule has 0 radical (unpaired) electrons. The van der Waals surface area contributed by atoms with Crippen molar-refractivity contribution in [3.8, 4) is 11.5 Å². The van der Waals surface area contributed by atoms with E-state index in [0.717, 1.165) is 35.4 Å². The number of rotatable bonds is 14. The van der Waals surface area contributed by atoms with Gasteiger partial charge in [-0.25, -0.2) is 8.42 Å². The molecular formula is C31H30N2O9S. The van der Waals surface area contributed by atoms with E-state index in [1.54, 1.807) is 13.0 Å². The van der Waals surface area contributed by atoms with Gasteiger partial charge in [0.1, 0.15) is 25.4 Å². The van der Waals surface area contributed by atoms with Gasteiger partial charge in [0.25, 0.3) is 5.69 Å². The summed E-state index contributed by atoms with van der Waals surface area (Å²) in [5.41, 5.74) is 1.64. The van der Waals surface area contributed by atoms with E-state index in [-0.39, 0.29) is 41.7 Å². The highest BCUT2D eigenvalue weighted by Crippen LogP contribution is 2.33. The summed E-state index contributed by atoms with van der Waals surface area (Å²) in [6, 6.07) is 25.7. The second-order valence-electron chi connectivity index (χ2n) is 9.30. The molecule has 0 saturated carbocycles. The number of aliphatic hydroxyl groups excluding tert-OH is 1. The maximum atomic E-state index is 13.1. The average Bonchev–Trinajstić information content (AvgIpc) is 3.02. The van der Waals surface area contributed by atoms with Gasteiger partial charge in [-0.2, -0.15) is 4.72 Å². The number of aliphatic hydroxyl groups is 1. The van der Waals surface area contributed by atoms with Gasteiger partial charge in [-0.15, -0.1) is 0 Å². The molecule has 4 aromatic carbocycles. The summed E-state index contributed by atoms with van der Waals surface area (Å²) in [7, 11) is -4.41. The Morgan fingerprint density at radius 1 is 0.860 bits per heavy atom. The first-order chi connectivity index (χ1) is 20.7. The first kappa shape index (κ1) is 31.2. The zero-order valence-corrected chi connectivity index (χ0v) is 24.0. The van der Waals surface area contributed by atoms with Gasteiger partial charge in [0, 0.05) is 12.1 Å². The third-order valence-corrected chi connectivity index (χ3v) is 7.74. The molecule has 11 nitrogen and oxygen atoms in total. The standard InChI is InChI=1S/C31H30N2O9S/c1-2-40-31(35)29(32-43(38,39)26-16-14-25(15-17-26)33(36)37)30(34)24-13-18-27(41-20-22-9-5-3-6-10-22)28(19-24)42-21-23-11-7-4-8-12-23/h3-19,29-30,32,34H,2,20-21H2,1H3. The molecule has 0 spiro atoms. The number of sulfonamides is 1. The molecule has 0 aliphatic carbocycles. The van der Waals surface area contributed by atoms with Gasteiger partial charge in [0.15, 0.2) is 11.5 Å². The number of carbonyl (C=O) groups excluding carboxylic acids is 1. The van der Waals surface area contributed by atoms with Crippen molar-refractivity contribution < 1.29 is 37.5 Å². The normalized spacial score (nSPS) is 12.6. The largest absolute Gasteiger partial charge is 0.485 e. The molecule has 0 fully saturated rings. The molecule has 2 N–H and O–H groups in total. The van der Waals surface area contributed by atoms with Gasteiger partial charge in [0.2, 0.25) is 10.0 Å². The number of benzene rings is 4. The van der Waals surface area contributed by atoms with Crippen LogP contribution in [0.2, 0.25) is 0 Å². The Hall–Kier alpha value is -4.78. The molecule has 0 heterocycles. The van der Waals surface area contributed by atoms with Gasteiger partial charge < -0.3 is 19.3 Å². The Morgan fingerprint density at radius 3 is 1.95 bits per heavy atom. The molecule has 0 aliphatic rings. The van der Waals surface area contributed by atoms with E-state index in [9.17, 15) is 28.4 Å². The van der Waals surface area contributed by atoms with Crippen LogP contribution in [0.15, 0.2) is 108 Å². The maximum absolute atomic E-state index is 13.1. The summed E-state index contributed by atoms with van der Waals surface area (Å²) in [5, 5.41) is 22.3. The van der Waals surface area contributed by atoms with E-state index < -0.39 is 33.1 Å². The molecule has 224 valence electrons.